The number of halogens is 1. The SMILES string of the molecule is C[C@@H]1CC[C@@H](C(N)=O)CN1C(=O)/C=C\c1ccc(F)cc1. The van der Waals surface area contributed by atoms with Crippen LogP contribution in [-0.4, -0.2) is 29.3 Å². The lowest BCUT2D eigenvalue weighted by atomic mass is 9.93. The molecule has 112 valence electrons. The molecule has 21 heavy (non-hydrogen) atoms. The first-order chi connectivity index (χ1) is 9.97. The average Bonchev–Trinajstić information content (AvgIpc) is 2.46. The molecule has 1 aliphatic rings. The van der Waals surface area contributed by atoms with Crippen LogP contribution in [-0.2, 0) is 9.59 Å². The fraction of sp³-hybridized carbons (Fsp3) is 0.375. The summed E-state index contributed by atoms with van der Waals surface area (Å²) in [4.78, 5) is 25.2. The maximum absolute atomic E-state index is 12.8. The zero-order valence-electron chi connectivity index (χ0n) is 12.0. The monoisotopic (exact) mass is 290 g/mol. The predicted molar refractivity (Wildman–Crippen MR) is 78.5 cm³/mol. The fourth-order valence-electron chi connectivity index (χ4n) is 2.48. The van der Waals surface area contributed by atoms with Crippen LogP contribution in [0.5, 0.6) is 0 Å². The van der Waals surface area contributed by atoms with E-state index in [1.165, 1.54) is 18.2 Å². The summed E-state index contributed by atoms with van der Waals surface area (Å²) in [5, 5.41) is 0. The molecule has 0 spiro atoms. The van der Waals surface area contributed by atoms with Gasteiger partial charge in [-0.15, -0.1) is 0 Å². The maximum atomic E-state index is 12.8. The molecule has 0 unspecified atom stereocenters. The van der Waals surface area contributed by atoms with Gasteiger partial charge in [-0.05, 0) is 43.5 Å². The minimum atomic E-state index is -0.359. The summed E-state index contributed by atoms with van der Waals surface area (Å²) in [6, 6.07) is 5.98. The van der Waals surface area contributed by atoms with Crippen LogP contribution in [0.4, 0.5) is 4.39 Å². The second-order valence-corrected chi connectivity index (χ2v) is 5.40. The third-order valence-electron chi connectivity index (χ3n) is 3.86. The number of amides is 2. The van der Waals surface area contributed by atoms with E-state index in [1.54, 1.807) is 23.1 Å². The third kappa shape index (κ3) is 3.90. The Morgan fingerprint density at radius 3 is 2.57 bits per heavy atom. The lowest BCUT2D eigenvalue weighted by molar-refractivity contribution is -0.133. The van der Waals surface area contributed by atoms with E-state index in [0.717, 1.165) is 18.4 Å². The molecule has 0 aliphatic carbocycles. The molecule has 1 aromatic carbocycles. The minimum Gasteiger partial charge on any atom is -0.369 e. The molecule has 1 heterocycles. The Kier molecular flexibility index (Phi) is 4.73. The van der Waals surface area contributed by atoms with Crippen LogP contribution in [0.15, 0.2) is 30.3 Å². The van der Waals surface area contributed by atoms with Gasteiger partial charge in [0, 0.05) is 18.7 Å². The van der Waals surface area contributed by atoms with Crippen molar-refractivity contribution in [3.63, 3.8) is 0 Å². The highest BCUT2D eigenvalue weighted by atomic mass is 19.1. The summed E-state index contributed by atoms with van der Waals surface area (Å²) in [6.45, 7) is 2.32. The Morgan fingerprint density at radius 2 is 1.95 bits per heavy atom. The molecular formula is C16H19FN2O2. The number of benzene rings is 1. The Labute approximate surface area is 123 Å². The summed E-state index contributed by atoms with van der Waals surface area (Å²) in [5.74, 6) is -1.10. The van der Waals surface area contributed by atoms with Crippen molar-refractivity contribution in [2.75, 3.05) is 6.54 Å². The zero-order chi connectivity index (χ0) is 15.4. The summed E-state index contributed by atoms with van der Waals surface area (Å²) >= 11 is 0. The van der Waals surface area contributed by atoms with Crippen LogP contribution in [0.25, 0.3) is 6.08 Å². The van der Waals surface area contributed by atoms with Crippen molar-refractivity contribution in [3.8, 4) is 0 Å². The number of carbonyl (C=O) groups is 2. The number of hydrogen-bond acceptors (Lipinski definition) is 2. The molecule has 0 aromatic heterocycles. The average molecular weight is 290 g/mol. The van der Waals surface area contributed by atoms with E-state index in [1.807, 2.05) is 6.92 Å². The summed E-state index contributed by atoms with van der Waals surface area (Å²) in [7, 11) is 0. The largest absolute Gasteiger partial charge is 0.369 e. The Morgan fingerprint density at radius 1 is 1.29 bits per heavy atom. The molecule has 2 atom stereocenters. The standard InChI is InChI=1S/C16H19FN2O2/c1-11-2-6-13(16(18)21)10-19(11)15(20)9-5-12-3-7-14(17)8-4-12/h3-5,7-9,11,13H,2,6,10H2,1H3,(H2,18,21)/b9-5-/t11-,13-/m1/s1. The van der Waals surface area contributed by atoms with E-state index in [0.29, 0.717) is 6.54 Å². The van der Waals surface area contributed by atoms with Gasteiger partial charge in [0.2, 0.25) is 11.8 Å². The fourth-order valence-corrected chi connectivity index (χ4v) is 2.48. The van der Waals surface area contributed by atoms with Crippen LogP contribution in [0, 0.1) is 11.7 Å². The van der Waals surface area contributed by atoms with Crippen molar-refractivity contribution in [3.05, 3.63) is 41.7 Å². The van der Waals surface area contributed by atoms with Gasteiger partial charge < -0.3 is 10.6 Å². The number of nitrogens with two attached hydrogens (primary N) is 1. The normalized spacial score (nSPS) is 22.5. The van der Waals surface area contributed by atoms with Crippen molar-refractivity contribution >= 4 is 17.9 Å². The molecule has 2 amide bonds. The van der Waals surface area contributed by atoms with E-state index < -0.39 is 0 Å². The van der Waals surface area contributed by atoms with Crippen molar-refractivity contribution in [1.29, 1.82) is 0 Å². The quantitative estimate of drug-likeness (QED) is 0.865. The first kappa shape index (κ1) is 15.2. The summed E-state index contributed by atoms with van der Waals surface area (Å²) in [5.41, 5.74) is 6.07. The molecule has 1 fully saturated rings. The summed E-state index contributed by atoms with van der Waals surface area (Å²) in [6.07, 6.45) is 4.58. The van der Waals surface area contributed by atoms with Gasteiger partial charge in [-0.3, -0.25) is 9.59 Å². The first-order valence-electron chi connectivity index (χ1n) is 7.01. The van der Waals surface area contributed by atoms with Crippen molar-refractivity contribution in [1.82, 2.24) is 4.90 Å². The molecule has 1 saturated heterocycles. The van der Waals surface area contributed by atoms with E-state index >= 15 is 0 Å². The van der Waals surface area contributed by atoms with Gasteiger partial charge in [-0.2, -0.15) is 0 Å². The second-order valence-electron chi connectivity index (χ2n) is 5.40. The summed E-state index contributed by atoms with van der Waals surface area (Å²) < 4.78 is 12.8. The van der Waals surface area contributed by atoms with Crippen LogP contribution in [0.1, 0.15) is 25.3 Å². The van der Waals surface area contributed by atoms with Crippen molar-refractivity contribution < 1.29 is 14.0 Å². The molecule has 2 N–H and O–H groups in total. The number of likely N-dealkylation sites (tertiary alicyclic amines) is 1. The van der Waals surface area contributed by atoms with Gasteiger partial charge in [0.15, 0.2) is 0 Å². The van der Waals surface area contributed by atoms with Crippen LogP contribution in [0.2, 0.25) is 0 Å². The highest BCUT2D eigenvalue weighted by molar-refractivity contribution is 5.92. The van der Waals surface area contributed by atoms with Crippen LogP contribution in [0.3, 0.4) is 0 Å². The number of carbonyl (C=O) groups excluding carboxylic acids is 2. The van der Waals surface area contributed by atoms with Gasteiger partial charge in [0.1, 0.15) is 5.82 Å². The highest BCUT2D eigenvalue weighted by Gasteiger charge is 2.30. The smallest absolute Gasteiger partial charge is 0.246 e. The van der Waals surface area contributed by atoms with Gasteiger partial charge in [0.05, 0.1) is 5.92 Å². The topological polar surface area (TPSA) is 63.4 Å². The predicted octanol–water partition coefficient (Wildman–Crippen LogP) is 1.95. The first-order valence-corrected chi connectivity index (χ1v) is 7.01. The molecule has 4 nitrogen and oxygen atoms in total. The minimum absolute atomic E-state index is 0.0889. The molecule has 0 bridgehead atoms. The van der Waals surface area contributed by atoms with Crippen LogP contribution < -0.4 is 5.73 Å². The second kappa shape index (κ2) is 6.52. The number of primary amides is 1. The number of rotatable bonds is 3. The van der Waals surface area contributed by atoms with E-state index in [-0.39, 0.29) is 29.6 Å². The van der Waals surface area contributed by atoms with E-state index in [4.69, 9.17) is 5.73 Å². The van der Waals surface area contributed by atoms with Crippen molar-refractivity contribution in [2.24, 2.45) is 11.7 Å². The molecule has 1 aromatic rings. The zero-order valence-corrected chi connectivity index (χ0v) is 12.0. The highest BCUT2D eigenvalue weighted by Crippen LogP contribution is 2.22. The molecule has 0 radical (unpaired) electrons. The van der Waals surface area contributed by atoms with Gasteiger partial charge in [-0.1, -0.05) is 12.1 Å². The molecule has 0 saturated carbocycles. The van der Waals surface area contributed by atoms with Gasteiger partial charge in [0.25, 0.3) is 0 Å². The molecular weight excluding hydrogens is 271 g/mol. The number of hydrogen-bond donors (Lipinski definition) is 1. The number of piperidine rings is 1. The van der Waals surface area contributed by atoms with Crippen LogP contribution >= 0.6 is 0 Å². The lowest BCUT2D eigenvalue weighted by Crippen LogP contribution is -2.48. The molecule has 2 rings (SSSR count). The Bertz CT molecular complexity index is 554. The Hall–Kier alpha value is -2.17. The van der Waals surface area contributed by atoms with Gasteiger partial charge >= 0.3 is 0 Å². The third-order valence-corrected chi connectivity index (χ3v) is 3.86. The lowest BCUT2D eigenvalue weighted by Gasteiger charge is -2.36. The molecule has 1 aliphatic heterocycles. The van der Waals surface area contributed by atoms with Gasteiger partial charge in [-0.25, -0.2) is 4.39 Å². The molecule has 5 heteroatoms. The van der Waals surface area contributed by atoms with Crippen molar-refractivity contribution in [2.45, 2.75) is 25.8 Å². The Balaban J connectivity index is 2.04. The number of nitrogens with zero attached hydrogens (tertiary/aromatic N) is 1. The van der Waals surface area contributed by atoms with E-state index in [2.05, 4.69) is 0 Å². The maximum Gasteiger partial charge on any atom is 0.246 e. The van der Waals surface area contributed by atoms with E-state index in [9.17, 15) is 14.0 Å².